The number of benzene rings is 1. The standard InChI is InChI=1S/C13H20N2O2/c1-9-2-4-10(5-3-9)6-14-7-11-13(17)12(16)8-15-11/h2-5,11-17H,6-8H2,1H3/t11-,12+,13-/m1/s1. The zero-order chi connectivity index (χ0) is 12.3. The van der Waals surface area contributed by atoms with Gasteiger partial charge in [-0.2, -0.15) is 0 Å². The fourth-order valence-corrected chi connectivity index (χ4v) is 2.05. The lowest BCUT2D eigenvalue weighted by Crippen LogP contribution is -2.41. The SMILES string of the molecule is Cc1ccc(CNC[C@H]2NC[C@H](O)[C@@H]2O)cc1. The summed E-state index contributed by atoms with van der Waals surface area (Å²) < 4.78 is 0. The highest BCUT2D eigenvalue weighted by Crippen LogP contribution is 2.07. The van der Waals surface area contributed by atoms with E-state index in [0.717, 1.165) is 6.54 Å². The largest absolute Gasteiger partial charge is 0.389 e. The van der Waals surface area contributed by atoms with Crippen LogP contribution in [0.15, 0.2) is 24.3 Å². The minimum absolute atomic E-state index is 0.0598. The van der Waals surface area contributed by atoms with Gasteiger partial charge in [0.05, 0.1) is 12.2 Å². The van der Waals surface area contributed by atoms with Crippen LogP contribution in [-0.2, 0) is 6.54 Å². The van der Waals surface area contributed by atoms with E-state index in [0.29, 0.717) is 13.1 Å². The molecule has 1 fully saturated rings. The molecule has 3 atom stereocenters. The van der Waals surface area contributed by atoms with Gasteiger partial charge < -0.3 is 20.8 Å². The molecule has 1 heterocycles. The van der Waals surface area contributed by atoms with Gasteiger partial charge in [0.25, 0.3) is 0 Å². The molecule has 17 heavy (non-hydrogen) atoms. The molecule has 4 nitrogen and oxygen atoms in total. The minimum atomic E-state index is -0.666. The first kappa shape index (κ1) is 12.5. The highest BCUT2D eigenvalue weighted by atomic mass is 16.3. The zero-order valence-electron chi connectivity index (χ0n) is 10.1. The van der Waals surface area contributed by atoms with Crippen LogP contribution in [0.1, 0.15) is 11.1 Å². The molecule has 0 radical (unpaired) electrons. The summed E-state index contributed by atoms with van der Waals surface area (Å²) in [4.78, 5) is 0. The van der Waals surface area contributed by atoms with Crippen LogP contribution in [-0.4, -0.2) is 41.6 Å². The second kappa shape index (κ2) is 5.60. The van der Waals surface area contributed by atoms with Crippen molar-refractivity contribution in [3.05, 3.63) is 35.4 Å². The van der Waals surface area contributed by atoms with Gasteiger partial charge in [0.2, 0.25) is 0 Å². The van der Waals surface area contributed by atoms with Crippen molar-refractivity contribution in [2.75, 3.05) is 13.1 Å². The summed E-state index contributed by atoms with van der Waals surface area (Å²) in [6, 6.07) is 8.30. The van der Waals surface area contributed by atoms with Crippen molar-refractivity contribution in [2.45, 2.75) is 31.7 Å². The molecule has 1 saturated heterocycles. The highest BCUT2D eigenvalue weighted by molar-refractivity contribution is 5.21. The maximum atomic E-state index is 9.64. The maximum Gasteiger partial charge on any atom is 0.0976 e. The van der Waals surface area contributed by atoms with Gasteiger partial charge in [0, 0.05) is 25.7 Å². The number of hydrogen-bond donors (Lipinski definition) is 4. The molecule has 1 aliphatic rings. The van der Waals surface area contributed by atoms with Crippen LogP contribution in [0.25, 0.3) is 0 Å². The Morgan fingerprint density at radius 3 is 2.59 bits per heavy atom. The fraction of sp³-hybridized carbons (Fsp3) is 0.538. The first-order valence-electron chi connectivity index (χ1n) is 6.02. The summed E-state index contributed by atoms with van der Waals surface area (Å²) in [6.07, 6.45) is -1.30. The lowest BCUT2D eigenvalue weighted by atomic mass is 10.1. The molecule has 0 saturated carbocycles. The summed E-state index contributed by atoms with van der Waals surface area (Å²) in [5.74, 6) is 0. The third-order valence-corrected chi connectivity index (χ3v) is 3.21. The molecule has 0 amide bonds. The van der Waals surface area contributed by atoms with Gasteiger partial charge in [-0.25, -0.2) is 0 Å². The number of aliphatic hydroxyl groups excluding tert-OH is 2. The second-order valence-electron chi connectivity index (χ2n) is 4.69. The number of β-amino-alcohol motifs (C(OH)–C–C–N with tert-alkyl or cyclic N) is 1. The Hall–Kier alpha value is -0.940. The van der Waals surface area contributed by atoms with E-state index in [1.54, 1.807) is 0 Å². The van der Waals surface area contributed by atoms with Crippen LogP contribution < -0.4 is 10.6 Å². The Kier molecular flexibility index (Phi) is 4.12. The minimum Gasteiger partial charge on any atom is -0.389 e. The summed E-state index contributed by atoms with van der Waals surface area (Å²) in [7, 11) is 0. The number of aryl methyl sites for hydroxylation is 1. The molecule has 0 spiro atoms. The summed E-state index contributed by atoms with van der Waals surface area (Å²) in [5.41, 5.74) is 2.48. The molecular weight excluding hydrogens is 216 g/mol. The Bertz CT molecular complexity index is 353. The molecule has 0 unspecified atom stereocenters. The molecule has 0 bridgehead atoms. The Labute approximate surface area is 102 Å². The van der Waals surface area contributed by atoms with Gasteiger partial charge in [-0.1, -0.05) is 29.8 Å². The second-order valence-corrected chi connectivity index (χ2v) is 4.69. The molecule has 1 aromatic rings. The third kappa shape index (κ3) is 3.26. The number of hydrogen-bond acceptors (Lipinski definition) is 4. The van der Waals surface area contributed by atoms with Gasteiger partial charge in [-0.3, -0.25) is 0 Å². The molecule has 0 aliphatic carbocycles. The van der Waals surface area contributed by atoms with Crippen molar-refractivity contribution < 1.29 is 10.2 Å². The normalized spacial score (nSPS) is 28.5. The predicted molar refractivity (Wildman–Crippen MR) is 66.7 cm³/mol. The zero-order valence-corrected chi connectivity index (χ0v) is 10.1. The summed E-state index contributed by atoms with van der Waals surface area (Å²) in [6.45, 7) is 3.98. The van der Waals surface area contributed by atoms with Crippen molar-refractivity contribution in [3.8, 4) is 0 Å². The van der Waals surface area contributed by atoms with Crippen molar-refractivity contribution in [1.82, 2.24) is 10.6 Å². The summed E-state index contributed by atoms with van der Waals surface area (Å²) >= 11 is 0. The summed E-state index contributed by atoms with van der Waals surface area (Å²) in [5, 5.41) is 25.4. The van der Waals surface area contributed by atoms with Crippen LogP contribution in [0.5, 0.6) is 0 Å². The topological polar surface area (TPSA) is 64.5 Å². The third-order valence-electron chi connectivity index (χ3n) is 3.21. The number of nitrogens with one attached hydrogen (secondary N) is 2. The smallest absolute Gasteiger partial charge is 0.0976 e. The van der Waals surface area contributed by atoms with Gasteiger partial charge in [-0.15, -0.1) is 0 Å². The monoisotopic (exact) mass is 236 g/mol. The average molecular weight is 236 g/mol. The first-order chi connectivity index (χ1) is 8.16. The Morgan fingerprint density at radius 2 is 2.00 bits per heavy atom. The Morgan fingerprint density at radius 1 is 1.29 bits per heavy atom. The molecule has 94 valence electrons. The van der Waals surface area contributed by atoms with Crippen molar-refractivity contribution >= 4 is 0 Å². The predicted octanol–water partition coefficient (Wildman–Crippen LogP) is -0.222. The van der Waals surface area contributed by atoms with Crippen LogP contribution in [0, 0.1) is 6.92 Å². The van der Waals surface area contributed by atoms with E-state index in [9.17, 15) is 10.2 Å². The van der Waals surface area contributed by atoms with Crippen molar-refractivity contribution in [3.63, 3.8) is 0 Å². The van der Waals surface area contributed by atoms with E-state index in [1.165, 1.54) is 11.1 Å². The molecule has 1 aliphatic heterocycles. The van der Waals surface area contributed by atoms with E-state index in [1.807, 2.05) is 0 Å². The molecular formula is C13H20N2O2. The quantitative estimate of drug-likeness (QED) is 0.583. The van der Waals surface area contributed by atoms with E-state index in [2.05, 4.69) is 41.8 Å². The van der Waals surface area contributed by atoms with E-state index >= 15 is 0 Å². The molecule has 2 rings (SSSR count). The molecule has 0 aromatic heterocycles. The lowest BCUT2D eigenvalue weighted by molar-refractivity contribution is 0.0407. The fourth-order valence-electron chi connectivity index (χ4n) is 2.05. The van der Waals surface area contributed by atoms with Crippen LogP contribution in [0.4, 0.5) is 0 Å². The number of rotatable bonds is 4. The molecule has 4 N–H and O–H groups in total. The molecule has 4 heteroatoms. The van der Waals surface area contributed by atoms with Gasteiger partial charge in [0.1, 0.15) is 0 Å². The maximum absolute atomic E-state index is 9.64. The van der Waals surface area contributed by atoms with Crippen LogP contribution in [0.2, 0.25) is 0 Å². The number of aliphatic hydroxyl groups is 2. The van der Waals surface area contributed by atoms with Crippen LogP contribution >= 0.6 is 0 Å². The van der Waals surface area contributed by atoms with E-state index in [-0.39, 0.29) is 6.04 Å². The molecule has 1 aromatic carbocycles. The van der Waals surface area contributed by atoms with Gasteiger partial charge in [0.15, 0.2) is 0 Å². The van der Waals surface area contributed by atoms with E-state index in [4.69, 9.17) is 0 Å². The Balaban J connectivity index is 1.74. The van der Waals surface area contributed by atoms with Gasteiger partial charge >= 0.3 is 0 Å². The van der Waals surface area contributed by atoms with Crippen LogP contribution in [0.3, 0.4) is 0 Å². The lowest BCUT2D eigenvalue weighted by Gasteiger charge is -2.16. The van der Waals surface area contributed by atoms with Crippen molar-refractivity contribution in [1.29, 1.82) is 0 Å². The highest BCUT2D eigenvalue weighted by Gasteiger charge is 2.32. The van der Waals surface area contributed by atoms with E-state index < -0.39 is 12.2 Å². The van der Waals surface area contributed by atoms with Gasteiger partial charge in [-0.05, 0) is 12.5 Å². The van der Waals surface area contributed by atoms with Crippen molar-refractivity contribution in [2.24, 2.45) is 0 Å². The first-order valence-corrected chi connectivity index (χ1v) is 6.02. The average Bonchev–Trinajstić information content (AvgIpc) is 2.64.